The molecule has 22 heteroatoms. The van der Waals surface area contributed by atoms with Crippen LogP contribution < -0.4 is 14.8 Å². The molecular weight excluding hydrogens is 1080 g/mol. The van der Waals surface area contributed by atoms with Crippen molar-refractivity contribution in [3.63, 3.8) is 0 Å². The van der Waals surface area contributed by atoms with Gasteiger partial charge in [-0.3, -0.25) is 28.8 Å². The maximum atomic E-state index is 12.6. The number of ketones is 6. The Hall–Kier alpha value is -8.20. The summed E-state index contributed by atoms with van der Waals surface area (Å²) in [7, 11) is 0. The Balaban J connectivity index is 0.000000289. The van der Waals surface area contributed by atoms with E-state index in [4.69, 9.17) is 48.9 Å². The Kier molecular flexibility index (Phi) is 23.6. The van der Waals surface area contributed by atoms with Crippen LogP contribution in [0.25, 0.3) is 21.7 Å². The molecule has 2 heterocycles. The number of amides is 1. The summed E-state index contributed by atoms with van der Waals surface area (Å²) in [6.07, 6.45) is -0.0427. The maximum absolute atomic E-state index is 12.6. The Labute approximate surface area is 472 Å². The second-order valence-corrected chi connectivity index (χ2v) is 21.2. The van der Waals surface area contributed by atoms with E-state index < -0.39 is 47.0 Å². The Bertz CT molecular complexity index is 3020. The standard InChI is InChI=1S/C30H34O10.C15H26ClNO6.C14H8O4/c1-17(19(3)31)10-8-14-36-29(34)39-26-22-12-6-7-13-23(22)27(28-24(26)16-25(38-28)21(5)33)40-30(35)37-15-9-11-18(2)20(4)32;1-14(2,3)22-11(18)10(8-7-9-21-12(16)19)17-13(20)23-15(4,5)6;1-7(15)11-6-10-12(16)8-4-2-3-5-9(8)13(17)14(10)18-11/h6-7,12-13,16-18H,8-11,14-15H2,1-5H3;10H,7-9H2,1-6H3,(H,17,20);2-6H,1H3/t17-,18-;10-;/m00./s1. The number of carbonyl (C=O) groups excluding carboxylic acids is 11. The fourth-order valence-electron chi connectivity index (χ4n) is 7.54. The fraction of sp³-hybridized carbons (Fsp3) is 0.441. The van der Waals surface area contributed by atoms with E-state index in [1.165, 1.54) is 39.8 Å². The first kappa shape index (κ1) is 65.3. The molecule has 0 fully saturated rings. The zero-order valence-electron chi connectivity index (χ0n) is 47.4. The number of Topliss-reactive ketones (excluding diaryl/α,β-unsaturated/α-hetero) is 4. The fourth-order valence-corrected chi connectivity index (χ4v) is 7.62. The zero-order chi connectivity index (χ0) is 60.5. The first-order chi connectivity index (χ1) is 37.9. The van der Waals surface area contributed by atoms with E-state index in [0.29, 0.717) is 54.0 Å². The van der Waals surface area contributed by atoms with Crippen molar-refractivity contribution in [2.45, 2.75) is 139 Å². The number of ether oxygens (including phenoxy) is 7. The van der Waals surface area contributed by atoms with Crippen LogP contribution in [0.4, 0.5) is 19.2 Å². The number of carbonyl (C=O) groups is 11. The second kappa shape index (κ2) is 29.3. The van der Waals surface area contributed by atoms with Crippen LogP contribution in [0.15, 0.2) is 69.5 Å². The monoisotopic (exact) mass is 1150 g/mol. The van der Waals surface area contributed by atoms with Gasteiger partial charge in [-0.2, -0.15) is 0 Å². The summed E-state index contributed by atoms with van der Waals surface area (Å²) in [5, 5.41) is 3.48. The molecule has 1 amide bonds. The number of furan rings is 2. The minimum Gasteiger partial charge on any atom is -0.458 e. The van der Waals surface area contributed by atoms with Crippen molar-refractivity contribution in [1.82, 2.24) is 5.32 Å². The Morgan fingerprint density at radius 3 is 1.51 bits per heavy atom. The molecule has 1 aliphatic rings. The molecule has 436 valence electrons. The first-order valence-corrected chi connectivity index (χ1v) is 26.3. The molecule has 0 spiro atoms. The molecule has 2 aromatic heterocycles. The summed E-state index contributed by atoms with van der Waals surface area (Å²) >= 11 is 5.06. The highest BCUT2D eigenvalue weighted by Crippen LogP contribution is 2.45. The van der Waals surface area contributed by atoms with E-state index in [0.717, 1.165) is 0 Å². The van der Waals surface area contributed by atoms with Crippen molar-refractivity contribution in [3.05, 3.63) is 94.6 Å². The lowest BCUT2D eigenvalue weighted by Crippen LogP contribution is -2.46. The molecule has 81 heavy (non-hydrogen) atoms. The van der Waals surface area contributed by atoms with Gasteiger partial charge in [-0.15, -0.1) is 0 Å². The maximum Gasteiger partial charge on any atom is 0.513 e. The summed E-state index contributed by atoms with van der Waals surface area (Å²) in [6, 6.07) is 15.1. The van der Waals surface area contributed by atoms with Crippen LogP contribution in [-0.2, 0) is 38.1 Å². The molecule has 0 bridgehead atoms. The molecule has 1 N–H and O–H groups in total. The Morgan fingerprint density at radius 1 is 0.556 bits per heavy atom. The van der Waals surface area contributed by atoms with Gasteiger partial charge < -0.3 is 47.3 Å². The van der Waals surface area contributed by atoms with E-state index >= 15 is 0 Å². The van der Waals surface area contributed by atoms with Crippen molar-refractivity contribution in [1.29, 1.82) is 0 Å². The first-order valence-electron chi connectivity index (χ1n) is 26.0. The summed E-state index contributed by atoms with van der Waals surface area (Å²) in [6.45, 7) is 19.8. The van der Waals surface area contributed by atoms with Gasteiger partial charge in [0.05, 0.1) is 30.8 Å². The van der Waals surface area contributed by atoms with E-state index in [1.54, 1.807) is 90.1 Å². The third-order valence-electron chi connectivity index (χ3n) is 11.9. The summed E-state index contributed by atoms with van der Waals surface area (Å²) < 4.78 is 47.4. The van der Waals surface area contributed by atoms with Gasteiger partial charge in [0.15, 0.2) is 51.7 Å². The van der Waals surface area contributed by atoms with Crippen molar-refractivity contribution < 1.29 is 94.7 Å². The lowest BCUT2D eigenvalue weighted by atomic mass is 9.88. The van der Waals surface area contributed by atoms with Crippen LogP contribution in [-0.4, -0.2) is 102 Å². The van der Waals surface area contributed by atoms with Gasteiger partial charge in [-0.1, -0.05) is 62.4 Å². The molecule has 1 aliphatic carbocycles. The predicted octanol–water partition coefficient (Wildman–Crippen LogP) is 12.5. The minimum atomic E-state index is -0.990. The number of rotatable bonds is 20. The quantitative estimate of drug-likeness (QED) is 0.0185. The number of benzene rings is 3. The van der Waals surface area contributed by atoms with E-state index in [1.807, 2.05) is 13.8 Å². The SMILES string of the molecule is CC(=O)c1cc2c(OC(=O)OCCC[C@H](C)C(C)=O)c3ccccc3c(OC(=O)OCCC[C@H](C)C(C)=O)c2o1.CC(=O)c1cc2c(o1)C(=O)c1ccccc1C2=O.CC(C)(C)OC(=O)N[C@@H](CCCOC(=O)Cl)C(=O)OC(C)(C)C. The molecular formula is C59H68ClNO20. The second-order valence-electron chi connectivity index (χ2n) is 20.9. The van der Waals surface area contributed by atoms with Crippen molar-refractivity contribution >= 4 is 97.8 Å². The molecule has 0 radical (unpaired) electrons. The highest BCUT2D eigenvalue weighted by atomic mass is 35.5. The number of fused-ring (bicyclic) bond motifs is 4. The van der Waals surface area contributed by atoms with Gasteiger partial charge in [-0.05, 0) is 106 Å². The number of hydrogen-bond donors (Lipinski definition) is 1. The molecule has 0 aliphatic heterocycles. The summed E-state index contributed by atoms with van der Waals surface area (Å²) in [5.41, 5.74) is -1.43. The van der Waals surface area contributed by atoms with E-state index in [-0.39, 0.29) is 118 Å². The number of halogens is 1. The zero-order valence-corrected chi connectivity index (χ0v) is 48.2. The van der Waals surface area contributed by atoms with Crippen LogP contribution in [0.2, 0.25) is 0 Å². The van der Waals surface area contributed by atoms with E-state index in [9.17, 15) is 52.7 Å². The molecule has 5 aromatic rings. The number of alkyl carbamates (subject to hydrolysis) is 1. The minimum absolute atomic E-state index is 0.000795. The smallest absolute Gasteiger partial charge is 0.458 e. The number of nitrogens with one attached hydrogen (secondary N) is 1. The van der Waals surface area contributed by atoms with Crippen molar-refractivity contribution in [2.24, 2.45) is 11.8 Å². The van der Waals surface area contributed by atoms with Gasteiger partial charge >= 0.3 is 29.8 Å². The molecule has 21 nitrogen and oxygen atoms in total. The highest BCUT2D eigenvalue weighted by molar-refractivity contribution is 6.61. The van der Waals surface area contributed by atoms with Crippen LogP contribution in [0.1, 0.15) is 175 Å². The van der Waals surface area contributed by atoms with Crippen LogP contribution in [0.5, 0.6) is 11.5 Å². The average molecular weight is 1150 g/mol. The van der Waals surface area contributed by atoms with Gasteiger partial charge in [0.1, 0.15) is 28.8 Å². The summed E-state index contributed by atoms with van der Waals surface area (Å²) in [5.74, 6) is -2.03. The lowest BCUT2D eigenvalue weighted by molar-refractivity contribution is -0.157. The largest absolute Gasteiger partial charge is 0.513 e. The van der Waals surface area contributed by atoms with Crippen LogP contribution in [0.3, 0.4) is 0 Å². The molecule has 0 saturated heterocycles. The molecule has 0 saturated carbocycles. The molecule has 6 rings (SSSR count). The van der Waals surface area contributed by atoms with Gasteiger partial charge in [0, 0.05) is 59.2 Å². The van der Waals surface area contributed by atoms with E-state index in [2.05, 4.69) is 10.1 Å². The molecule has 3 atom stereocenters. The van der Waals surface area contributed by atoms with Gasteiger partial charge in [0.25, 0.3) is 0 Å². The highest BCUT2D eigenvalue weighted by Gasteiger charge is 2.34. The van der Waals surface area contributed by atoms with Crippen molar-refractivity contribution in [3.8, 4) is 11.5 Å². The number of esters is 1. The number of hydrogen-bond acceptors (Lipinski definition) is 20. The normalized spacial score (nSPS) is 12.8. The summed E-state index contributed by atoms with van der Waals surface area (Å²) in [4.78, 5) is 130. The lowest BCUT2D eigenvalue weighted by Gasteiger charge is -2.26. The van der Waals surface area contributed by atoms with Gasteiger partial charge in [0.2, 0.25) is 5.78 Å². The van der Waals surface area contributed by atoms with Crippen LogP contribution >= 0.6 is 11.6 Å². The molecule has 0 unspecified atom stereocenters. The third-order valence-corrected chi connectivity index (χ3v) is 12.0. The van der Waals surface area contributed by atoms with Crippen LogP contribution in [0, 0.1) is 11.8 Å². The van der Waals surface area contributed by atoms with Gasteiger partial charge in [-0.25, -0.2) is 24.0 Å². The van der Waals surface area contributed by atoms with Crippen molar-refractivity contribution in [2.75, 3.05) is 19.8 Å². The predicted molar refractivity (Wildman–Crippen MR) is 293 cm³/mol. The topological polar surface area (TPSA) is 291 Å². The Morgan fingerprint density at radius 2 is 1.01 bits per heavy atom. The average Bonchev–Trinajstić information content (AvgIpc) is 4.28. The molecule has 3 aromatic carbocycles. The third kappa shape index (κ3) is 19.8.